The number of aryl methyl sites for hydroxylation is 1. The fourth-order valence-electron chi connectivity index (χ4n) is 4.28. The molecule has 1 atom stereocenters. The van der Waals surface area contributed by atoms with Gasteiger partial charge in [-0.25, -0.2) is 4.98 Å². The van der Waals surface area contributed by atoms with Crippen molar-refractivity contribution in [3.63, 3.8) is 0 Å². The number of thiazole rings is 1. The zero-order valence-electron chi connectivity index (χ0n) is 18.2. The highest BCUT2D eigenvalue weighted by atomic mass is 32.1. The molecule has 1 aliphatic rings. The zero-order chi connectivity index (χ0) is 21.6. The lowest BCUT2D eigenvalue weighted by Gasteiger charge is -2.32. The molecule has 0 aliphatic carbocycles. The van der Waals surface area contributed by atoms with Crippen molar-refractivity contribution in [2.24, 2.45) is 5.92 Å². The van der Waals surface area contributed by atoms with E-state index in [2.05, 4.69) is 38.1 Å². The molecular formula is C24H30N4O2S. The summed E-state index contributed by atoms with van der Waals surface area (Å²) in [5.41, 5.74) is 3.14. The van der Waals surface area contributed by atoms with Crippen LogP contribution in [0.4, 0.5) is 5.69 Å². The number of amides is 1. The van der Waals surface area contributed by atoms with Gasteiger partial charge >= 0.3 is 0 Å². The number of methoxy groups -OCH3 is 1. The number of carbonyl (C=O) groups excluding carboxylic acids is 1. The van der Waals surface area contributed by atoms with Crippen molar-refractivity contribution in [2.75, 3.05) is 25.5 Å². The predicted molar refractivity (Wildman–Crippen MR) is 125 cm³/mol. The molecule has 0 saturated carbocycles. The zero-order valence-corrected chi connectivity index (χ0v) is 19.0. The van der Waals surface area contributed by atoms with Crippen molar-refractivity contribution in [3.8, 4) is 10.9 Å². The second-order valence-electron chi connectivity index (χ2n) is 8.20. The summed E-state index contributed by atoms with van der Waals surface area (Å²) in [6.07, 6.45) is 7.78. The molecule has 3 aromatic rings. The van der Waals surface area contributed by atoms with Crippen molar-refractivity contribution >= 4 is 22.9 Å². The number of piperidine rings is 1. The van der Waals surface area contributed by atoms with Crippen LogP contribution in [0.15, 0.2) is 48.1 Å². The first-order chi connectivity index (χ1) is 15.1. The van der Waals surface area contributed by atoms with Gasteiger partial charge in [-0.2, -0.15) is 0 Å². The van der Waals surface area contributed by atoms with Gasteiger partial charge in [0.1, 0.15) is 5.75 Å². The van der Waals surface area contributed by atoms with Crippen LogP contribution in [0.2, 0.25) is 0 Å². The van der Waals surface area contributed by atoms with Crippen LogP contribution in [0, 0.1) is 12.8 Å². The second kappa shape index (κ2) is 10.1. The molecule has 0 radical (unpaired) electrons. The van der Waals surface area contributed by atoms with E-state index in [1.54, 1.807) is 18.4 Å². The van der Waals surface area contributed by atoms with Gasteiger partial charge in [0.25, 0.3) is 0 Å². The van der Waals surface area contributed by atoms with Gasteiger partial charge < -0.3 is 10.1 Å². The van der Waals surface area contributed by atoms with Gasteiger partial charge in [-0.05, 0) is 74.5 Å². The minimum atomic E-state index is 0.0861. The summed E-state index contributed by atoms with van der Waals surface area (Å²) in [6.45, 7) is 5.05. The Bertz CT molecular complexity index is 999. The summed E-state index contributed by atoms with van der Waals surface area (Å²) in [4.78, 5) is 19.5. The van der Waals surface area contributed by atoms with E-state index in [-0.39, 0.29) is 5.91 Å². The smallest absolute Gasteiger partial charge is 0.224 e. The number of carbonyl (C=O) groups is 1. The van der Waals surface area contributed by atoms with E-state index < -0.39 is 0 Å². The van der Waals surface area contributed by atoms with Crippen LogP contribution >= 0.6 is 11.3 Å². The molecular weight excluding hydrogens is 408 g/mol. The number of nitrogens with one attached hydrogen (secondary N) is 1. The second-order valence-corrected chi connectivity index (χ2v) is 9.07. The van der Waals surface area contributed by atoms with Gasteiger partial charge in [-0.3, -0.25) is 14.3 Å². The van der Waals surface area contributed by atoms with Crippen molar-refractivity contribution < 1.29 is 9.53 Å². The molecule has 1 fully saturated rings. The van der Waals surface area contributed by atoms with Crippen LogP contribution in [0.25, 0.3) is 5.13 Å². The highest BCUT2D eigenvalue weighted by Crippen LogP contribution is 2.25. The first-order valence-electron chi connectivity index (χ1n) is 10.9. The summed E-state index contributed by atoms with van der Waals surface area (Å²) < 4.78 is 7.42. The van der Waals surface area contributed by atoms with Crippen molar-refractivity contribution in [1.29, 1.82) is 0 Å². The number of benzene rings is 1. The molecule has 164 valence electrons. The van der Waals surface area contributed by atoms with E-state index in [0.29, 0.717) is 12.3 Å². The average molecular weight is 439 g/mol. The SMILES string of the molecule is COc1ccc(NC(=O)CC[C@@H]2CCCN(Cc3cccn3-c3nccs3)C2)c(C)c1. The fraction of sp³-hybridized carbons (Fsp3) is 0.417. The maximum atomic E-state index is 12.5. The highest BCUT2D eigenvalue weighted by Gasteiger charge is 2.22. The number of ether oxygens (including phenoxy) is 1. The van der Waals surface area contributed by atoms with E-state index in [9.17, 15) is 4.79 Å². The van der Waals surface area contributed by atoms with Crippen LogP contribution in [-0.4, -0.2) is 40.6 Å². The first kappa shape index (κ1) is 21.6. The molecule has 6 nitrogen and oxygen atoms in total. The monoisotopic (exact) mass is 438 g/mol. The molecule has 0 spiro atoms. The summed E-state index contributed by atoms with van der Waals surface area (Å²) in [7, 11) is 1.65. The van der Waals surface area contributed by atoms with Crippen molar-refractivity contribution in [1.82, 2.24) is 14.5 Å². The molecule has 4 rings (SSSR count). The third kappa shape index (κ3) is 5.54. The van der Waals surface area contributed by atoms with Crippen LogP contribution < -0.4 is 10.1 Å². The lowest BCUT2D eigenvalue weighted by Crippen LogP contribution is -2.35. The Hall–Kier alpha value is -2.64. The van der Waals surface area contributed by atoms with E-state index in [0.717, 1.165) is 48.2 Å². The summed E-state index contributed by atoms with van der Waals surface area (Å²) in [6, 6.07) is 9.99. The van der Waals surface area contributed by atoms with Gasteiger partial charge in [0.15, 0.2) is 5.13 Å². The van der Waals surface area contributed by atoms with Gasteiger partial charge in [-0.15, -0.1) is 11.3 Å². The van der Waals surface area contributed by atoms with Crippen LogP contribution in [0.5, 0.6) is 5.75 Å². The Morgan fingerprint density at radius 3 is 3.03 bits per heavy atom. The summed E-state index contributed by atoms with van der Waals surface area (Å²) in [5.74, 6) is 1.45. The predicted octanol–water partition coefficient (Wildman–Crippen LogP) is 4.88. The van der Waals surface area contributed by atoms with E-state index in [1.807, 2.05) is 36.7 Å². The number of hydrogen-bond acceptors (Lipinski definition) is 5. The Labute approximate surface area is 187 Å². The minimum Gasteiger partial charge on any atom is -0.497 e. The molecule has 1 saturated heterocycles. The lowest BCUT2D eigenvalue weighted by atomic mass is 9.93. The number of rotatable bonds is 8. The molecule has 0 unspecified atom stereocenters. The van der Waals surface area contributed by atoms with E-state index in [4.69, 9.17) is 4.74 Å². The van der Waals surface area contributed by atoms with Crippen molar-refractivity contribution in [2.45, 2.75) is 39.2 Å². The topological polar surface area (TPSA) is 59.4 Å². The lowest BCUT2D eigenvalue weighted by molar-refractivity contribution is -0.116. The van der Waals surface area contributed by atoms with Crippen molar-refractivity contribution in [3.05, 3.63) is 59.4 Å². The number of aromatic nitrogens is 2. The van der Waals surface area contributed by atoms with E-state index in [1.165, 1.54) is 18.5 Å². The standard InChI is InChI=1S/C24H30N4O2S/c1-18-15-21(30-2)8-9-22(18)26-23(29)10-7-19-5-3-12-27(16-19)17-20-6-4-13-28(20)24-25-11-14-31-24/h4,6,8-9,11,13-15,19H,3,5,7,10,12,16-17H2,1-2H3,(H,26,29)/t19-/m0/s1. The molecule has 0 bridgehead atoms. The Kier molecular flexibility index (Phi) is 7.04. The highest BCUT2D eigenvalue weighted by molar-refractivity contribution is 7.12. The van der Waals surface area contributed by atoms with Gasteiger partial charge in [0, 0.05) is 48.7 Å². The third-order valence-electron chi connectivity index (χ3n) is 5.93. The third-order valence-corrected chi connectivity index (χ3v) is 6.71. The molecule has 7 heteroatoms. The van der Waals surface area contributed by atoms with Crippen LogP contribution in [-0.2, 0) is 11.3 Å². The normalized spacial score (nSPS) is 16.9. The fourth-order valence-corrected chi connectivity index (χ4v) is 4.93. The molecule has 3 heterocycles. The quantitative estimate of drug-likeness (QED) is 0.544. The molecule has 1 aliphatic heterocycles. The van der Waals surface area contributed by atoms with Gasteiger partial charge in [-0.1, -0.05) is 0 Å². The largest absolute Gasteiger partial charge is 0.497 e. The van der Waals surface area contributed by atoms with Gasteiger partial charge in [0.05, 0.1) is 7.11 Å². The maximum Gasteiger partial charge on any atom is 0.224 e. The molecule has 31 heavy (non-hydrogen) atoms. The molecule has 1 N–H and O–H groups in total. The van der Waals surface area contributed by atoms with Crippen LogP contribution in [0.1, 0.15) is 36.9 Å². The average Bonchev–Trinajstić information content (AvgIpc) is 3.46. The molecule has 1 aromatic carbocycles. The Morgan fingerprint density at radius 1 is 1.35 bits per heavy atom. The number of anilines is 1. The van der Waals surface area contributed by atoms with E-state index >= 15 is 0 Å². The van der Waals surface area contributed by atoms with Crippen LogP contribution in [0.3, 0.4) is 0 Å². The number of hydrogen-bond donors (Lipinski definition) is 1. The first-order valence-corrected chi connectivity index (χ1v) is 11.7. The number of likely N-dealkylation sites (tertiary alicyclic amines) is 1. The maximum absolute atomic E-state index is 12.5. The minimum absolute atomic E-state index is 0.0861. The Balaban J connectivity index is 1.28. The Morgan fingerprint density at radius 2 is 2.26 bits per heavy atom. The molecule has 2 aromatic heterocycles. The summed E-state index contributed by atoms with van der Waals surface area (Å²) >= 11 is 1.65. The summed E-state index contributed by atoms with van der Waals surface area (Å²) in [5, 5.41) is 6.08. The number of nitrogens with zero attached hydrogens (tertiary/aromatic N) is 3. The molecule has 1 amide bonds. The van der Waals surface area contributed by atoms with Gasteiger partial charge in [0.2, 0.25) is 5.91 Å².